The van der Waals surface area contributed by atoms with Gasteiger partial charge < -0.3 is 10.6 Å². The first-order valence-electron chi connectivity index (χ1n) is 5.87. The Bertz CT molecular complexity index is 455. The lowest BCUT2D eigenvalue weighted by molar-refractivity contribution is 0.394. The van der Waals surface area contributed by atoms with Gasteiger partial charge in [0.1, 0.15) is 0 Å². The van der Waals surface area contributed by atoms with Crippen LogP contribution in [0, 0.1) is 0 Å². The molecule has 18 heavy (non-hydrogen) atoms. The van der Waals surface area contributed by atoms with Crippen molar-refractivity contribution >= 4 is 21.4 Å². The van der Waals surface area contributed by atoms with Crippen LogP contribution in [0.5, 0.6) is 0 Å². The highest BCUT2D eigenvalue weighted by Gasteiger charge is 2.14. The number of nitrogens with two attached hydrogens (primary N) is 1. The van der Waals surface area contributed by atoms with Gasteiger partial charge in [0.05, 0.1) is 4.90 Å². The molecule has 7 heteroatoms. The summed E-state index contributed by atoms with van der Waals surface area (Å²) in [6.07, 6.45) is 1.82. The standard InChI is InChI=1S/C11H21N3O2S2/c1-14(2)6-4-3-5-13-18(15,16)11-7-10(8-12)17-9-11/h7,9,13H,3-6,8,12H2,1-2H3. The predicted molar refractivity (Wildman–Crippen MR) is 75.2 cm³/mol. The minimum atomic E-state index is -3.36. The van der Waals surface area contributed by atoms with Crippen LogP contribution in [0.25, 0.3) is 0 Å². The predicted octanol–water partition coefficient (Wildman–Crippen LogP) is 0.827. The van der Waals surface area contributed by atoms with Gasteiger partial charge in [-0.25, -0.2) is 13.1 Å². The molecular formula is C11H21N3O2S2. The zero-order chi connectivity index (χ0) is 13.6. The van der Waals surface area contributed by atoms with Crippen molar-refractivity contribution in [1.29, 1.82) is 0 Å². The molecule has 0 bridgehead atoms. The van der Waals surface area contributed by atoms with Crippen LogP contribution < -0.4 is 10.5 Å². The summed E-state index contributed by atoms with van der Waals surface area (Å²) < 4.78 is 26.4. The van der Waals surface area contributed by atoms with Gasteiger partial charge in [-0.3, -0.25) is 0 Å². The fourth-order valence-corrected chi connectivity index (χ4v) is 3.68. The van der Waals surface area contributed by atoms with Crippen LogP contribution in [0.2, 0.25) is 0 Å². The molecule has 0 saturated carbocycles. The maximum atomic E-state index is 11.9. The summed E-state index contributed by atoms with van der Waals surface area (Å²) >= 11 is 1.37. The summed E-state index contributed by atoms with van der Waals surface area (Å²) in [6.45, 7) is 1.82. The maximum Gasteiger partial charge on any atom is 0.241 e. The van der Waals surface area contributed by atoms with Crippen molar-refractivity contribution in [3.63, 3.8) is 0 Å². The molecule has 3 N–H and O–H groups in total. The Morgan fingerprint density at radius 2 is 2.11 bits per heavy atom. The molecule has 0 amide bonds. The molecule has 0 spiro atoms. The Morgan fingerprint density at radius 1 is 1.39 bits per heavy atom. The number of rotatable bonds is 8. The number of sulfonamides is 1. The van der Waals surface area contributed by atoms with Gasteiger partial charge >= 0.3 is 0 Å². The Hall–Kier alpha value is -0.470. The van der Waals surface area contributed by atoms with Gasteiger partial charge in [0, 0.05) is 23.3 Å². The third-order valence-electron chi connectivity index (χ3n) is 2.47. The van der Waals surface area contributed by atoms with E-state index in [0.29, 0.717) is 18.0 Å². The highest BCUT2D eigenvalue weighted by atomic mass is 32.2. The molecule has 0 atom stereocenters. The summed E-state index contributed by atoms with van der Waals surface area (Å²) in [5, 5.41) is 1.63. The van der Waals surface area contributed by atoms with Gasteiger partial charge in [-0.15, -0.1) is 11.3 Å². The molecule has 0 aromatic carbocycles. The van der Waals surface area contributed by atoms with Gasteiger partial charge in [-0.1, -0.05) is 0 Å². The van der Waals surface area contributed by atoms with Crippen molar-refractivity contribution in [2.45, 2.75) is 24.3 Å². The Kier molecular flexibility index (Phi) is 6.24. The molecule has 0 aliphatic carbocycles. The van der Waals surface area contributed by atoms with E-state index in [-0.39, 0.29) is 0 Å². The summed E-state index contributed by atoms with van der Waals surface area (Å²) in [5.74, 6) is 0. The van der Waals surface area contributed by atoms with Gasteiger partial charge in [0.2, 0.25) is 10.0 Å². The van der Waals surface area contributed by atoms with Gasteiger partial charge in [0.15, 0.2) is 0 Å². The lowest BCUT2D eigenvalue weighted by Gasteiger charge is -2.09. The molecule has 0 radical (unpaired) electrons. The van der Waals surface area contributed by atoms with Gasteiger partial charge in [-0.2, -0.15) is 0 Å². The molecular weight excluding hydrogens is 270 g/mol. The van der Waals surface area contributed by atoms with Crippen molar-refractivity contribution in [2.75, 3.05) is 27.2 Å². The summed E-state index contributed by atoms with van der Waals surface area (Å²) in [5.41, 5.74) is 5.46. The second-order valence-corrected chi connectivity index (χ2v) is 7.12. The molecule has 1 aromatic heterocycles. The van der Waals surface area contributed by atoms with Crippen LogP contribution in [-0.2, 0) is 16.6 Å². The molecule has 0 aliphatic rings. The fourth-order valence-electron chi connectivity index (χ4n) is 1.45. The first-order chi connectivity index (χ1) is 8.45. The third-order valence-corrected chi connectivity index (χ3v) is 5.01. The van der Waals surface area contributed by atoms with Crippen LogP contribution in [0.4, 0.5) is 0 Å². The van der Waals surface area contributed by atoms with E-state index in [9.17, 15) is 8.42 Å². The topological polar surface area (TPSA) is 75.4 Å². The van der Waals surface area contributed by atoms with E-state index >= 15 is 0 Å². The maximum absolute atomic E-state index is 11.9. The zero-order valence-corrected chi connectivity index (χ0v) is 12.5. The molecule has 0 unspecified atom stereocenters. The number of thiophene rings is 1. The average molecular weight is 291 g/mol. The van der Waals surface area contributed by atoms with Crippen molar-refractivity contribution in [3.8, 4) is 0 Å². The molecule has 1 rings (SSSR count). The number of hydrogen-bond donors (Lipinski definition) is 2. The Labute approximate surface area is 113 Å². The number of unbranched alkanes of at least 4 members (excludes halogenated alkanes) is 1. The fraction of sp³-hybridized carbons (Fsp3) is 0.636. The van der Waals surface area contributed by atoms with Gasteiger partial charge in [-0.05, 0) is 39.5 Å². The van der Waals surface area contributed by atoms with E-state index in [1.807, 2.05) is 14.1 Å². The quantitative estimate of drug-likeness (QED) is 0.696. The molecule has 0 saturated heterocycles. The van der Waals surface area contributed by atoms with Crippen molar-refractivity contribution in [3.05, 3.63) is 16.3 Å². The van der Waals surface area contributed by atoms with E-state index in [0.717, 1.165) is 24.3 Å². The first kappa shape index (κ1) is 15.6. The minimum absolute atomic E-state index is 0.320. The molecule has 0 aliphatic heterocycles. The van der Waals surface area contributed by atoms with Crippen molar-refractivity contribution in [1.82, 2.24) is 9.62 Å². The smallest absolute Gasteiger partial charge is 0.241 e. The number of nitrogens with one attached hydrogen (secondary N) is 1. The van der Waals surface area contributed by atoms with Crippen molar-refractivity contribution < 1.29 is 8.42 Å². The molecule has 0 fully saturated rings. The van der Waals surface area contributed by atoms with E-state index in [2.05, 4.69) is 9.62 Å². The third kappa shape index (κ3) is 5.03. The molecule has 104 valence electrons. The lowest BCUT2D eigenvalue weighted by atomic mass is 10.3. The lowest BCUT2D eigenvalue weighted by Crippen LogP contribution is -2.25. The monoisotopic (exact) mass is 291 g/mol. The second-order valence-electron chi connectivity index (χ2n) is 4.36. The van der Waals surface area contributed by atoms with Crippen LogP contribution in [0.1, 0.15) is 17.7 Å². The largest absolute Gasteiger partial charge is 0.326 e. The Balaban J connectivity index is 2.40. The van der Waals surface area contributed by atoms with E-state index < -0.39 is 10.0 Å². The first-order valence-corrected chi connectivity index (χ1v) is 8.24. The SMILES string of the molecule is CN(C)CCCCNS(=O)(=O)c1csc(CN)c1. The average Bonchev–Trinajstić information content (AvgIpc) is 2.77. The Morgan fingerprint density at radius 3 is 2.67 bits per heavy atom. The van der Waals surface area contributed by atoms with Crippen LogP contribution in [0.15, 0.2) is 16.3 Å². The van der Waals surface area contributed by atoms with Crippen LogP contribution >= 0.6 is 11.3 Å². The molecule has 5 nitrogen and oxygen atoms in total. The van der Waals surface area contributed by atoms with Gasteiger partial charge in [0.25, 0.3) is 0 Å². The summed E-state index contributed by atoms with van der Waals surface area (Å²) in [7, 11) is 0.649. The molecule has 1 heterocycles. The summed E-state index contributed by atoms with van der Waals surface area (Å²) in [6, 6.07) is 1.63. The summed E-state index contributed by atoms with van der Waals surface area (Å²) in [4.78, 5) is 3.28. The number of nitrogens with zero attached hydrogens (tertiary/aromatic N) is 1. The van der Waals surface area contributed by atoms with E-state index in [1.165, 1.54) is 11.3 Å². The van der Waals surface area contributed by atoms with Crippen LogP contribution in [0.3, 0.4) is 0 Å². The second kappa shape index (κ2) is 7.20. The highest BCUT2D eigenvalue weighted by Crippen LogP contribution is 2.18. The van der Waals surface area contributed by atoms with Crippen LogP contribution in [-0.4, -0.2) is 40.5 Å². The zero-order valence-electron chi connectivity index (χ0n) is 10.8. The minimum Gasteiger partial charge on any atom is -0.326 e. The van der Waals surface area contributed by atoms with E-state index in [4.69, 9.17) is 5.73 Å². The highest BCUT2D eigenvalue weighted by molar-refractivity contribution is 7.89. The van der Waals surface area contributed by atoms with Crippen molar-refractivity contribution in [2.24, 2.45) is 5.73 Å². The molecule has 1 aromatic rings. The van der Waals surface area contributed by atoms with E-state index in [1.54, 1.807) is 11.4 Å². The number of hydrogen-bond acceptors (Lipinski definition) is 5. The normalized spacial score (nSPS) is 12.2.